The van der Waals surface area contributed by atoms with E-state index in [1.807, 2.05) is 27.7 Å². The third-order valence-corrected chi connectivity index (χ3v) is 5.64. The van der Waals surface area contributed by atoms with Gasteiger partial charge < -0.3 is 9.47 Å². The fraction of sp³-hybridized carbons (Fsp3) is 0.286. The molecule has 11 nitrogen and oxygen atoms in total. The number of carbonyl (C=O) groups is 1. The van der Waals surface area contributed by atoms with Gasteiger partial charge in [-0.3, -0.25) is 0 Å². The molecular weight excluding hydrogens is 483 g/mol. The summed E-state index contributed by atoms with van der Waals surface area (Å²) in [4.78, 5) is 28.4. The molecule has 0 unspecified atom stereocenters. The molecule has 0 aromatic carbocycles. The van der Waals surface area contributed by atoms with Gasteiger partial charge >= 0.3 is 6.16 Å². The minimum absolute atomic E-state index is 0.00796. The van der Waals surface area contributed by atoms with Crippen molar-refractivity contribution in [3.05, 3.63) is 69.0 Å². The Morgan fingerprint density at radius 3 is 1.56 bits per heavy atom. The summed E-state index contributed by atoms with van der Waals surface area (Å²) in [5, 5.41) is 9.52. The first kappa shape index (κ1) is 23.6. The van der Waals surface area contributed by atoms with E-state index in [-0.39, 0.29) is 13.2 Å². The van der Waals surface area contributed by atoms with Crippen LogP contribution < -0.4 is 0 Å². The van der Waals surface area contributed by atoms with Crippen LogP contribution in [-0.4, -0.2) is 45.7 Å². The van der Waals surface area contributed by atoms with Crippen molar-refractivity contribution in [2.45, 2.75) is 40.9 Å². The molecule has 0 aliphatic carbocycles. The Balaban J connectivity index is 1.41. The van der Waals surface area contributed by atoms with E-state index >= 15 is 0 Å². The number of halogens is 2. The third-order valence-electron chi connectivity index (χ3n) is 5.22. The van der Waals surface area contributed by atoms with Crippen LogP contribution in [0.25, 0.3) is 11.6 Å². The maximum atomic E-state index is 12.3. The van der Waals surface area contributed by atoms with Crippen molar-refractivity contribution in [2.75, 3.05) is 0 Å². The maximum Gasteiger partial charge on any atom is 0.508 e. The normalized spacial score (nSPS) is 11.0. The zero-order valence-electron chi connectivity index (χ0n) is 18.8. The zero-order valence-corrected chi connectivity index (χ0v) is 20.3. The topological polar surface area (TPSA) is 123 Å². The minimum Gasteiger partial charge on any atom is -0.429 e. The van der Waals surface area contributed by atoms with E-state index < -0.39 is 6.16 Å². The van der Waals surface area contributed by atoms with Crippen LogP contribution in [-0.2, 0) is 22.7 Å². The lowest BCUT2D eigenvalue weighted by molar-refractivity contribution is 0.0442. The lowest BCUT2D eigenvalue weighted by Gasteiger charge is -2.08. The molecule has 0 radical (unpaired) electrons. The lowest BCUT2D eigenvalue weighted by atomic mass is 10.2. The summed E-state index contributed by atoms with van der Waals surface area (Å²) in [5.41, 5.74) is 4.39. The van der Waals surface area contributed by atoms with Gasteiger partial charge in [-0.05, 0) is 27.7 Å². The Bertz CT molecular complexity index is 1270. The standard InChI is InChI=1S/C21H20Cl2N8O3/c1-11-15(13(3)30(28-11)19-5-17(22)24-9-26-19)7-33-21(32)34-8-16-12(2)29-31(14(16)4)20-6-18(23)25-10-27-20/h5-6,9-10H,7-8H2,1-4H3. The van der Waals surface area contributed by atoms with Gasteiger partial charge in [0.05, 0.1) is 11.4 Å². The van der Waals surface area contributed by atoms with Crippen molar-refractivity contribution in [2.24, 2.45) is 0 Å². The molecular formula is C21H20Cl2N8O3. The summed E-state index contributed by atoms with van der Waals surface area (Å²) in [7, 11) is 0. The van der Waals surface area contributed by atoms with Crippen LogP contribution in [0.15, 0.2) is 24.8 Å². The van der Waals surface area contributed by atoms with Crippen LogP contribution in [0.3, 0.4) is 0 Å². The largest absolute Gasteiger partial charge is 0.508 e. The first-order valence-corrected chi connectivity index (χ1v) is 10.9. The quantitative estimate of drug-likeness (QED) is 0.283. The lowest BCUT2D eigenvalue weighted by Crippen LogP contribution is -2.09. The second-order valence-electron chi connectivity index (χ2n) is 7.35. The van der Waals surface area contributed by atoms with Gasteiger partial charge in [-0.25, -0.2) is 34.1 Å². The van der Waals surface area contributed by atoms with E-state index in [1.165, 1.54) is 12.7 Å². The Hall–Kier alpha value is -3.57. The predicted molar refractivity (Wildman–Crippen MR) is 122 cm³/mol. The summed E-state index contributed by atoms with van der Waals surface area (Å²) >= 11 is 11.9. The number of nitrogens with zero attached hydrogens (tertiary/aromatic N) is 8. The van der Waals surface area contributed by atoms with Crippen LogP contribution >= 0.6 is 23.2 Å². The molecule has 0 saturated heterocycles. The highest BCUT2D eigenvalue weighted by atomic mass is 35.5. The van der Waals surface area contributed by atoms with Gasteiger partial charge in [0.2, 0.25) is 0 Å². The average Bonchev–Trinajstić information content (AvgIpc) is 3.25. The Morgan fingerprint density at radius 1 is 0.765 bits per heavy atom. The van der Waals surface area contributed by atoms with Crippen molar-refractivity contribution < 1.29 is 14.3 Å². The summed E-state index contributed by atoms with van der Waals surface area (Å²) in [6.45, 7) is 7.31. The Morgan fingerprint density at radius 2 is 1.18 bits per heavy atom. The average molecular weight is 503 g/mol. The first-order valence-electron chi connectivity index (χ1n) is 10.1. The smallest absolute Gasteiger partial charge is 0.429 e. The highest BCUT2D eigenvalue weighted by molar-refractivity contribution is 6.29. The van der Waals surface area contributed by atoms with Gasteiger partial charge in [0.15, 0.2) is 11.6 Å². The van der Waals surface area contributed by atoms with Crippen molar-refractivity contribution in [3.8, 4) is 11.6 Å². The number of hydrogen-bond acceptors (Lipinski definition) is 9. The summed E-state index contributed by atoms with van der Waals surface area (Å²) in [6, 6.07) is 3.19. The van der Waals surface area contributed by atoms with E-state index in [9.17, 15) is 4.79 Å². The molecule has 13 heteroatoms. The molecule has 34 heavy (non-hydrogen) atoms. The second-order valence-corrected chi connectivity index (χ2v) is 8.12. The van der Waals surface area contributed by atoms with Crippen molar-refractivity contribution in [3.63, 3.8) is 0 Å². The second kappa shape index (κ2) is 9.74. The predicted octanol–water partition coefficient (Wildman–Crippen LogP) is 4.03. The molecule has 0 atom stereocenters. The fourth-order valence-electron chi connectivity index (χ4n) is 3.40. The molecule has 4 aromatic rings. The van der Waals surface area contributed by atoms with Crippen molar-refractivity contribution in [1.82, 2.24) is 39.5 Å². The molecule has 4 aromatic heterocycles. The van der Waals surface area contributed by atoms with Crippen LogP contribution in [0.1, 0.15) is 33.9 Å². The number of carbonyl (C=O) groups excluding carboxylic acids is 1. The Kier molecular flexibility index (Phi) is 6.75. The molecule has 4 heterocycles. The molecule has 4 rings (SSSR count). The van der Waals surface area contributed by atoms with E-state index in [0.717, 1.165) is 22.5 Å². The number of rotatable bonds is 6. The van der Waals surface area contributed by atoms with Crippen LogP contribution in [0, 0.1) is 27.7 Å². The van der Waals surface area contributed by atoms with E-state index in [2.05, 4.69) is 30.1 Å². The van der Waals surface area contributed by atoms with Gasteiger partial charge in [-0.2, -0.15) is 10.2 Å². The number of ether oxygens (including phenoxy) is 2. The number of aryl methyl sites for hydroxylation is 2. The van der Waals surface area contributed by atoms with Gasteiger partial charge in [-0.15, -0.1) is 0 Å². The minimum atomic E-state index is -0.812. The fourth-order valence-corrected chi connectivity index (χ4v) is 3.68. The van der Waals surface area contributed by atoms with E-state index in [4.69, 9.17) is 32.7 Å². The van der Waals surface area contributed by atoms with Crippen LogP contribution in [0.2, 0.25) is 10.3 Å². The van der Waals surface area contributed by atoms with Crippen LogP contribution in [0.4, 0.5) is 4.79 Å². The third kappa shape index (κ3) is 4.85. The maximum absolute atomic E-state index is 12.3. The molecule has 0 fully saturated rings. The highest BCUT2D eigenvalue weighted by Gasteiger charge is 2.19. The molecule has 0 aliphatic rings. The van der Waals surface area contributed by atoms with Gasteiger partial charge in [0.25, 0.3) is 0 Å². The molecule has 0 spiro atoms. The Labute approximate surface area is 204 Å². The van der Waals surface area contributed by atoms with Crippen LogP contribution in [0.5, 0.6) is 0 Å². The molecule has 0 N–H and O–H groups in total. The monoisotopic (exact) mass is 502 g/mol. The summed E-state index contributed by atoms with van der Waals surface area (Å²) in [5.74, 6) is 1.03. The van der Waals surface area contributed by atoms with Gasteiger partial charge in [0, 0.05) is 34.6 Å². The first-order chi connectivity index (χ1) is 16.2. The molecule has 0 bridgehead atoms. The zero-order chi connectivity index (χ0) is 24.4. The molecule has 176 valence electrons. The van der Waals surface area contributed by atoms with E-state index in [0.29, 0.717) is 33.3 Å². The highest BCUT2D eigenvalue weighted by Crippen LogP contribution is 2.21. The molecule has 0 aliphatic heterocycles. The molecule has 0 saturated carbocycles. The number of aromatic nitrogens is 8. The van der Waals surface area contributed by atoms with Gasteiger partial charge in [-0.1, -0.05) is 23.2 Å². The number of hydrogen-bond donors (Lipinski definition) is 0. The van der Waals surface area contributed by atoms with Crippen molar-refractivity contribution >= 4 is 29.4 Å². The van der Waals surface area contributed by atoms with Crippen molar-refractivity contribution in [1.29, 1.82) is 0 Å². The SMILES string of the molecule is Cc1nn(-c2cc(Cl)ncn2)c(C)c1COC(=O)OCc1c(C)nn(-c2cc(Cl)ncn2)c1C. The van der Waals surface area contributed by atoms with E-state index in [1.54, 1.807) is 21.5 Å². The van der Waals surface area contributed by atoms with Gasteiger partial charge in [0.1, 0.15) is 36.2 Å². The summed E-state index contributed by atoms with van der Waals surface area (Å²) < 4.78 is 13.9. The molecule has 0 amide bonds. The summed E-state index contributed by atoms with van der Waals surface area (Å²) in [6.07, 6.45) is 1.90.